The first-order chi connectivity index (χ1) is 8.58. The largest absolute Gasteiger partial charge is 0.376 e. The van der Waals surface area contributed by atoms with Crippen LogP contribution in [0.2, 0.25) is 0 Å². The van der Waals surface area contributed by atoms with Crippen molar-refractivity contribution in [1.82, 2.24) is 0 Å². The predicted molar refractivity (Wildman–Crippen MR) is 68.0 cm³/mol. The van der Waals surface area contributed by atoms with E-state index in [0.717, 1.165) is 0 Å². The number of rotatable bonds is 2. The smallest absolute Gasteiger partial charge is 0.255 e. The van der Waals surface area contributed by atoms with Crippen LogP contribution in [0.1, 0.15) is 5.56 Å². The Morgan fingerprint density at radius 3 is 2.94 bits per heavy atom. The van der Waals surface area contributed by atoms with Crippen molar-refractivity contribution in [3.8, 4) is 0 Å². The number of ether oxygens (including phenoxy) is 2. The van der Waals surface area contributed by atoms with Gasteiger partial charge in [-0.1, -0.05) is 0 Å². The second-order valence-electron chi connectivity index (χ2n) is 4.00. The number of carbonyl (C=O) groups excluding carboxylic acids is 1. The van der Waals surface area contributed by atoms with Crippen LogP contribution in [0.15, 0.2) is 16.6 Å². The average molecular weight is 318 g/mol. The number of anilines is 1. The maximum Gasteiger partial charge on any atom is 0.255 e. The Hall–Kier alpha value is -0.980. The molecule has 2 rings (SSSR count). The number of benzene rings is 1. The van der Waals surface area contributed by atoms with Crippen molar-refractivity contribution in [1.29, 1.82) is 0 Å². The summed E-state index contributed by atoms with van der Waals surface area (Å²) in [6, 6.07) is 2.89. The molecular weight excluding hydrogens is 305 g/mol. The van der Waals surface area contributed by atoms with Gasteiger partial charge in [-0.3, -0.25) is 4.79 Å². The quantitative estimate of drug-likeness (QED) is 0.910. The molecule has 0 radical (unpaired) electrons. The lowest BCUT2D eigenvalue weighted by Crippen LogP contribution is -2.39. The van der Waals surface area contributed by atoms with Gasteiger partial charge in [0.25, 0.3) is 5.91 Å². The molecule has 98 valence electrons. The Balaban J connectivity index is 2.08. The molecule has 1 amide bonds. The van der Waals surface area contributed by atoms with Gasteiger partial charge in [-0.2, -0.15) is 0 Å². The zero-order valence-electron chi connectivity index (χ0n) is 9.83. The second kappa shape index (κ2) is 5.77. The fourth-order valence-corrected chi connectivity index (χ4v) is 1.98. The third-order valence-corrected chi connectivity index (χ3v) is 3.24. The van der Waals surface area contributed by atoms with Gasteiger partial charge in [0.15, 0.2) is 6.10 Å². The molecular formula is C12H13BrFNO3. The van der Waals surface area contributed by atoms with Gasteiger partial charge in [0.05, 0.1) is 24.3 Å². The maximum atomic E-state index is 13.2. The fourth-order valence-electron chi connectivity index (χ4n) is 1.63. The molecule has 0 aromatic heterocycles. The number of nitrogens with one attached hydrogen (secondary N) is 1. The zero-order chi connectivity index (χ0) is 13.1. The molecule has 1 N–H and O–H groups in total. The molecule has 0 bridgehead atoms. The van der Waals surface area contributed by atoms with E-state index in [-0.39, 0.29) is 18.3 Å². The molecule has 1 aromatic rings. The molecule has 4 nitrogen and oxygen atoms in total. The van der Waals surface area contributed by atoms with Gasteiger partial charge in [0.2, 0.25) is 0 Å². The van der Waals surface area contributed by atoms with E-state index < -0.39 is 6.10 Å². The van der Waals surface area contributed by atoms with E-state index >= 15 is 0 Å². The maximum absolute atomic E-state index is 13.2. The first-order valence-corrected chi connectivity index (χ1v) is 6.33. The summed E-state index contributed by atoms with van der Waals surface area (Å²) in [6.45, 7) is 2.88. The van der Waals surface area contributed by atoms with Crippen LogP contribution in [0.4, 0.5) is 10.1 Å². The van der Waals surface area contributed by atoms with Crippen LogP contribution in [0.3, 0.4) is 0 Å². The standard InChI is InChI=1S/C12H13BrFNO3/c1-7-4-9(14)8(13)5-10(7)15-12(16)11-6-17-2-3-18-11/h4-5,11H,2-3,6H2,1H3,(H,15,16)/t11-/m1/s1. The van der Waals surface area contributed by atoms with Crippen molar-refractivity contribution >= 4 is 27.5 Å². The minimum atomic E-state index is -0.609. The van der Waals surface area contributed by atoms with E-state index in [0.29, 0.717) is 28.9 Å². The van der Waals surface area contributed by atoms with Gasteiger partial charge in [-0.15, -0.1) is 0 Å². The molecule has 0 aliphatic carbocycles. The fraction of sp³-hybridized carbons (Fsp3) is 0.417. The molecule has 1 aliphatic heterocycles. The highest BCUT2D eigenvalue weighted by Crippen LogP contribution is 2.24. The summed E-state index contributed by atoms with van der Waals surface area (Å²) in [6.07, 6.45) is -0.609. The molecule has 1 saturated heterocycles. The summed E-state index contributed by atoms with van der Waals surface area (Å²) in [4.78, 5) is 11.9. The lowest BCUT2D eigenvalue weighted by Gasteiger charge is -2.22. The van der Waals surface area contributed by atoms with E-state index in [2.05, 4.69) is 21.2 Å². The Bertz CT molecular complexity index is 461. The Labute approximate surface area is 113 Å². The third kappa shape index (κ3) is 3.07. The molecule has 1 heterocycles. The molecule has 6 heteroatoms. The van der Waals surface area contributed by atoms with E-state index in [1.54, 1.807) is 6.92 Å². The summed E-state index contributed by atoms with van der Waals surface area (Å²) in [5, 5.41) is 2.71. The molecule has 0 spiro atoms. The summed E-state index contributed by atoms with van der Waals surface area (Å²) < 4.78 is 24.0. The van der Waals surface area contributed by atoms with E-state index in [1.807, 2.05) is 0 Å². The number of carbonyl (C=O) groups is 1. The molecule has 1 fully saturated rings. The van der Waals surface area contributed by atoms with E-state index in [9.17, 15) is 9.18 Å². The van der Waals surface area contributed by atoms with Crippen molar-refractivity contribution in [2.24, 2.45) is 0 Å². The van der Waals surface area contributed by atoms with Gasteiger partial charge in [0, 0.05) is 5.69 Å². The lowest BCUT2D eigenvalue weighted by molar-refractivity contribution is -0.142. The molecule has 1 aliphatic rings. The predicted octanol–water partition coefficient (Wildman–Crippen LogP) is 2.25. The molecule has 0 unspecified atom stereocenters. The summed E-state index contributed by atoms with van der Waals surface area (Å²) in [5.41, 5.74) is 1.21. The first kappa shape index (κ1) is 13.5. The van der Waals surface area contributed by atoms with Crippen LogP contribution in [0, 0.1) is 12.7 Å². The van der Waals surface area contributed by atoms with Gasteiger partial charge in [-0.05, 0) is 40.5 Å². The molecule has 1 aromatic carbocycles. The van der Waals surface area contributed by atoms with Crippen LogP contribution < -0.4 is 5.32 Å². The van der Waals surface area contributed by atoms with Crippen molar-refractivity contribution in [3.05, 3.63) is 28.0 Å². The topological polar surface area (TPSA) is 47.6 Å². The number of hydrogen-bond acceptors (Lipinski definition) is 3. The van der Waals surface area contributed by atoms with Gasteiger partial charge in [0.1, 0.15) is 5.82 Å². The lowest BCUT2D eigenvalue weighted by atomic mass is 10.2. The Morgan fingerprint density at radius 1 is 1.50 bits per heavy atom. The van der Waals surface area contributed by atoms with Gasteiger partial charge < -0.3 is 14.8 Å². The SMILES string of the molecule is Cc1cc(F)c(Br)cc1NC(=O)[C@H]1COCCO1. The second-order valence-corrected chi connectivity index (χ2v) is 4.86. The van der Waals surface area contributed by atoms with Gasteiger partial charge >= 0.3 is 0 Å². The molecule has 18 heavy (non-hydrogen) atoms. The first-order valence-electron chi connectivity index (χ1n) is 5.54. The zero-order valence-corrected chi connectivity index (χ0v) is 11.4. The van der Waals surface area contributed by atoms with Crippen LogP contribution in [0.5, 0.6) is 0 Å². The van der Waals surface area contributed by atoms with Crippen molar-refractivity contribution in [2.75, 3.05) is 25.1 Å². The Kier molecular flexibility index (Phi) is 4.31. The average Bonchev–Trinajstić information content (AvgIpc) is 2.37. The third-order valence-electron chi connectivity index (χ3n) is 2.63. The van der Waals surface area contributed by atoms with Crippen LogP contribution in [-0.4, -0.2) is 31.8 Å². The number of halogens is 2. The monoisotopic (exact) mass is 317 g/mol. The Morgan fingerprint density at radius 2 is 2.28 bits per heavy atom. The van der Waals surface area contributed by atoms with E-state index in [1.165, 1.54) is 12.1 Å². The number of hydrogen-bond donors (Lipinski definition) is 1. The molecule has 0 saturated carbocycles. The highest BCUT2D eigenvalue weighted by molar-refractivity contribution is 9.10. The van der Waals surface area contributed by atoms with Crippen LogP contribution in [0.25, 0.3) is 0 Å². The van der Waals surface area contributed by atoms with Crippen LogP contribution >= 0.6 is 15.9 Å². The highest BCUT2D eigenvalue weighted by Gasteiger charge is 2.23. The summed E-state index contributed by atoms with van der Waals surface area (Å²) in [5.74, 6) is -0.640. The van der Waals surface area contributed by atoms with Crippen molar-refractivity contribution in [3.63, 3.8) is 0 Å². The summed E-state index contributed by atoms with van der Waals surface area (Å²) in [7, 11) is 0. The van der Waals surface area contributed by atoms with Crippen LogP contribution in [-0.2, 0) is 14.3 Å². The minimum absolute atomic E-state index is 0.243. The number of amides is 1. The molecule has 1 atom stereocenters. The van der Waals surface area contributed by atoms with E-state index in [4.69, 9.17) is 9.47 Å². The highest BCUT2D eigenvalue weighted by atomic mass is 79.9. The number of aryl methyl sites for hydroxylation is 1. The van der Waals surface area contributed by atoms with Crippen molar-refractivity contribution in [2.45, 2.75) is 13.0 Å². The summed E-state index contributed by atoms with van der Waals surface area (Å²) >= 11 is 3.08. The normalized spacial score (nSPS) is 19.6. The van der Waals surface area contributed by atoms with Crippen molar-refractivity contribution < 1.29 is 18.7 Å². The van der Waals surface area contributed by atoms with Gasteiger partial charge in [-0.25, -0.2) is 4.39 Å². The minimum Gasteiger partial charge on any atom is -0.376 e.